The molecule has 0 saturated heterocycles. The number of carboxylic acid groups (broad SMARTS) is 2. The van der Waals surface area contributed by atoms with Gasteiger partial charge in [-0.05, 0) is 32.1 Å². The second-order valence-electron chi connectivity index (χ2n) is 15.0. The largest absolute Gasteiger partial charge is 0.481 e. The molecule has 5 amide bonds. The molecule has 1 atom stereocenters. The Balaban J connectivity index is 3.53. The molecular formula is C43H77N5O14. The number of rotatable bonds is 46. The molecule has 0 unspecified atom stereocenters. The summed E-state index contributed by atoms with van der Waals surface area (Å²) in [6.45, 7) is 1.87. The van der Waals surface area contributed by atoms with Crippen LogP contribution in [0, 0.1) is 0 Å². The summed E-state index contributed by atoms with van der Waals surface area (Å²) in [6, 6.07) is -1.26. The van der Waals surface area contributed by atoms with Crippen molar-refractivity contribution in [1.29, 1.82) is 0 Å². The lowest BCUT2D eigenvalue weighted by Crippen LogP contribution is -2.43. The summed E-state index contributed by atoms with van der Waals surface area (Å²) < 4.78 is 21.2. The van der Waals surface area contributed by atoms with Gasteiger partial charge in [0.05, 0.1) is 39.6 Å². The van der Waals surface area contributed by atoms with Crippen LogP contribution in [-0.2, 0) is 57.3 Å². The Morgan fingerprint density at radius 1 is 0.419 bits per heavy atom. The van der Waals surface area contributed by atoms with Gasteiger partial charge in [-0.2, -0.15) is 0 Å². The molecule has 0 bridgehead atoms. The Morgan fingerprint density at radius 3 is 1.32 bits per heavy atom. The fourth-order valence-electron chi connectivity index (χ4n) is 5.95. The Labute approximate surface area is 367 Å². The minimum atomic E-state index is -1.28. The Morgan fingerprint density at radius 2 is 0.823 bits per heavy atom. The Kier molecular flexibility index (Phi) is 40.5. The SMILES string of the molecule is O=CCCCNC(=O)CC[C@H](NC(=O)COCCOCCNC(=O)COCCOCCNC(=O)CCCNC(=O)CCCCCCCCCCCCCCCCC(=O)O)C(=O)O. The second-order valence-corrected chi connectivity index (χ2v) is 15.0. The predicted octanol–water partition coefficient (Wildman–Crippen LogP) is 2.95. The molecule has 0 heterocycles. The predicted molar refractivity (Wildman–Crippen MR) is 230 cm³/mol. The molecule has 0 radical (unpaired) electrons. The van der Waals surface area contributed by atoms with Gasteiger partial charge in [0.15, 0.2) is 0 Å². The number of carboxylic acids is 2. The number of carbonyl (C=O) groups excluding carboxylic acids is 6. The van der Waals surface area contributed by atoms with Gasteiger partial charge in [0.25, 0.3) is 0 Å². The number of nitrogens with one attached hydrogen (secondary N) is 5. The van der Waals surface area contributed by atoms with E-state index in [1.807, 2.05) is 0 Å². The number of unbranched alkanes of at least 4 members (excludes halogenated alkanes) is 14. The molecule has 62 heavy (non-hydrogen) atoms. The number of aliphatic carboxylic acids is 2. The maximum absolute atomic E-state index is 12.1. The lowest BCUT2D eigenvalue weighted by atomic mass is 10.0. The summed E-state index contributed by atoms with van der Waals surface area (Å²) in [5.74, 6) is -3.44. The fraction of sp³-hybridized carbons (Fsp3) is 0.814. The van der Waals surface area contributed by atoms with Crippen molar-refractivity contribution in [3.8, 4) is 0 Å². The van der Waals surface area contributed by atoms with Crippen LogP contribution in [-0.4, -0.2) is 143 Å². The zero-order chi connectivity index (χ0) is 45.7. The van der Waals surface area contributed by atoms with E-state index in [1.54, 1.807) is 0 Å². The molecule has 19 heteroatoms. The second kappa shape index (κ2) is 43.4. The summed E-state index contributed by atoms with van der Waals surface area (Å²) in [4.78, 5) is 92.1. The van der Waals surface area contributed by atoms with Gasteiger partial charge in [0.1, 0.15) is 25.5 Å². The van der Waals surface area contributed by atoms with Gasteiger partial charge in [-0.1, -0.05) is 77.0 Å². The third-order valence-electron chi connectivity index (χ3n) is 9.41. The topological polar surface area (TPSA) is 274 Å². The van der Waals surface area contributed by atoms with E-state index >= 15 is 0 Å². The van der Waals surface area contributed by atoms with Crippen molar-refractivity contribution in [3.63, 3.8) is 0 Å². The standard InChI is InChI=1S/C43H77N5O14/c49-27-16-15-23-44-39(52)22-21-36(43(57)58)48-41(54)35-62-33-31-60-29-26-47-40(53)34-61-32-30-59-28-25-46-38(51)19-17-24-45-37(50)18-13-11-9-7-5-3-1-2-4-6-8-10-12-14-20-42(55)56/h27,36H,1-26,28-35H2,(H,44,52)(H,45,50)(H,46,51)(H,47,53)(H,48,54)(H,55,56)(H,57,58)/t36-/m0/s1. The first-order valence-corrected chi connectivity index (χ1v) is 22.6. The third-order valence-corrected chi connectivity index (χ3v) is 9.41. The number of amides is 5. The van der Waals surface area contributed by atoms with E-state index in [2.05, 4.69) is 26.6 Å². The maximum Gasteiger partial charge on any atom is 0.326 e. The first-order chi connectivity index (χ1) is 30.0. The van der Waals surface area contributed by atoms with Crippen LogP contribution in [0.5, 0.6) is 0 Å². The first-order valence-electron chi connectivity index (χ1n) is 22.6. The summed E-state index contributed by atoms with van der Waals surface area (Å²) in [5.41, 5.74) is 0. The molecule has 0 aliphatic carbocycles. The molecule has 358 valence electrons. The highest BCUT2D eigenvalue weighted by molar-refractivity contribution is 5.85. The number of carbonyl (C=O) groups is 8. The lowest BCUT2D eigenvalue weighted by Gasteiger charge is -2.14. The normalized spacial score (nSPS) is 11.4. The van der Waals surface area contributed by atoms with Crippen LogP contribution in [0.1, 0.15) is 141 Å². The van der Waals surface area contributed by atoms with Crippen molar-refractivity contribution >= 4 is 47.8 Å². The average Bonchev–Trinajstić information content (AvgIpc) is 3.24. The number of aldehydes is 1. The number of hydrogen-bond acceptors (Lipinski definition) is 12. The zero-order valence-electron chi connectivity index (χ0n) is 37.0. The van der Waals surface area contributed by atoms with Gasteiger partial charge in [0.2, 0.25) is 29.5 Å². The van der Waals surface area contributed by atoms with Crippen molar-refractivity contribution in [3.05, 3.63) is 0 Å². The third kappa shape index (κ3) is 42.5. The van der Waals surface area contributed by atoms with Crippen molar-refractivity contribution in [2.45, 2.75) is 147 Å². The molecule has 0 rings (SSSR count). The summed E-state index contributed by atoms with van der Waals surface area (Å²) in [6.07, 6.45) is 18.9. The van der Waals surface area contributed by atoms with Gasteiger partial charge < -0.3 is 60.5 Å². The minimum absolute atomic E-state index is 0.0218. The maximum atomic E-state index is 12.1. The number of ether oxygens (including phenoxy) is 4. The van der Waals surface area contributed by atoms with E-state index < -0.39 is 30.5 Å². The van der Waals surface area contributed by atoms with Crippen LogP contribution in [0.15, 0.2) is 0 Å². The molecule has 0 spiro atoms. The molecule has 0 aromatic carbocycles. The first kappa shape index (κ1) is 57.8. The molecule has 0 fully saturated rings. The van der Waals surface area contributed by atoms with E-state index in [0.717, 1.165) is 44.8 Å². The van der Waals surface area contributed by atoms with E-state index in [9.17, 15) is 43.5 Å². The quantitative estimate of drug-likeness (QED) is 0.0342. The summed E-state index contributed by atoms with van der Waals surface area (Å²) >= 11 is 0. The van der Waals surface area contributed by atoms with Crippen LogP contribution in [0.4, 0.5) is 0 Å². The molecule has 0 saturated carbocycles. The van der Waals surface area contributed by atoms with Crippen molar-refractivity contribution < 1.29 is 67.5 Å². The molecule has 0 aliphatic rings. The summed E-state index contributed by atoms with van der Waals surface area (Å²) in [7, 11) is 0. The Bertz CT molecular complexity index is 1230. The smallest absolute Gasteiger partial charge is 0.326 e. The monoisotopic (exact) mass is 888 g/mol. The highest BCUT2D eigenvalue weighted by Gasteiger charge is 2.21. The van der Waals surface area contributed by atoms with Crippen LogP contribution >= 0.6 is 0 Å². The van der Waals surface area contributed by atoms with E-state index in [0.29, 0.717) is 51.7 Å². The van der Waals surface area contributed by atoms with Crippen molar-refractivity contribution in [2.75, 3.05) is 79.0 Å². The van der Waals surface area contributed by atoms with E-state index in [-0.39, 0.29) is 95.7 Å². The highest BCUT2D eigenvalue weighted by atomic mass is 16.5. The van der Waals surface area contributed by atoms with Crippen LogP contribution in [0.2, 0.25) is 0 Å². The molecule has 0 aromatic rings. The van der Waals surface area contributed by atoms with E-state index in [1.165, 1.54) is 51.4 Å². The van der Waals surface area contributed by atoms with Gasteiger partial charge in [-0.15, -0.1) is 0 Å². The highest BCUT2D eigenvalue weighted by Crippen LogP contribution is 2.14. The van der Waals surface area contributed by atoms with Gasteiger partial charge in [-0.25, -0.2) is 4.79 Å². The van der Waals surface area contributed by atoms with Crippen molar-refractivity contribution in [1.82, 2.24) is 26.6 Å². The molecular weight excluding hydrogens is 810 g/mol. The van der Waals surface area contributed by atoms with Gasteiger partial charge in [0, 0.05) is 58.3 Å². The lowest BCUT2D eigenvalue weighted by molar-refractivity contribution is -0.143. The van der Waals surface area contributed by atoms with Crippen LogP contribution < -0.4 is 26.6 Å². The van der Waals surface area contributed by atoms with Gasteiger partial charge >= 0.3 is 11.9 Å². The minimum Gasteiger partial charge on any atom is -0.481 e. The molecule has 0 aromatic heterocycles. The molecule has 7 N–H and O–H groups in total. The molecule has 19 nitrogen and oxygen atoms in total. The zero-order valence-corrected chi connectivity index (χ0v) is 37.0. The van der Waals surface area contributed by atoms with Crippen LogP contribution in [0.25, 0.3) is 0 Å². The summed E-state index contributed by atoms with van der Waals surface area (Å²) in [5, 5.41) is 31.1. The molecule has 0 aliphatic heterocycles. The number of hydrogen-bond donors (Lipinski definition) is 7. The average molecular weight is 888 g/mol. The van der Waals surface area contributed by atoms with Crippen molar-refractivity contribution in [2.24, 2.45) is 0 Å². The van der Waals surface area contributed by atoms with E-state index in [4.69, 9.17) is 24.1 Å². The van der Waals surface area contributed by atoms with Gasteiger partial charge in [-0.3, -0.25) is 28.8 Å². The Hall–Kier alpha value is -4.20. The fourth-order valence-corrected chi connectivity index (χ4v) is 5.95. The van der Waals surface area contributed by atoms with Crippen LogP contribution in [0.3, 0.4) is 0 Å².